The molecule has 4 rings (SSSR count). The minimum atomic E-state index is -3.80. The molecule has 0 radical (unpaired) electrons. The number of nitrogens with one attached hydrogen (secondary N) is 2. The van der Waals surface area contributed by atoms with Crippen LogP contribution in [0.5, 0.6) is 11.5 Å². The molecule has 0 bridgehead atoms. The third-order valence-corrected chi connectivity index (χ3v) is 6.48. The first kappa shape index (κ1) is 19.3. The number of thiophene rings is 1. The summed E-state index contributed by atoms with van der Waals surface area (Å²) in [5.41, 5.74) is 0.804. The van der Waals surface area contributed by atoms with Gasteiger partial charge < -0.3 is 14.8 Å². The summed E-state index contributed by atoms with van der Waals surface area (Å²) in [5.74, 6) is 0.699. The first-order valence-corrected chi connectivity index (χ1v) is 11.2. The van der Waals surface area contributed by atoms with E-state index in [0.717, 1.165) is 4.88 Å². The van der Waals surface area contributed by atoms with Gasteiger partial charge in [0.2, 0.25) is 0 Å². The summed E-state index contributed by atoms with van der Waals surface area (Å²) in [6, 6.07) is 14.6. The topological polar surface area (TPSA) is 93.7 Å². The zero-order valence-electron chi connectivity index (χ0n) is 15.3. The lowest BCUT2D eigenvalue weighted by atomic mass is 10.2. The molecule has 3 aromatic rings. The van der Waals surface area contributed by atoms with Gasteiger partial charge in [-0.1, -0.05) is 6.07 Å². The van der Waals surface area contributed by atoms with Crippen LogP contribution < -0.4 is 19.5 Å². The van der Waals surface area contributed by atoms with Gasteiger partial charge in [-0.25, -0.2) is 8.42 Å². The van der Waals surface area contributed by atoms with Crippen LogP contribution >= 0.6 is 11.3 Å². The maximum Gasteiger partial charge on any atom is 0.262 e. The highest BCUT2D eigenvalue weighted by molar-refractivity contribution is 7.92. The van der Waals surface area contributed by atoms with Crippen LogP contribution in [0.25, 0.3) is 0 Å². The number of benzene rings is 2. The van der Waals surface area contributed by atoms with Crippen molar-refractivity contribution in [3.05, 3.63) is 70.4 Å². The highest BCUT2D eigenvalue weighted by atomic mass is 32.2. The Labute approximate surface area is 172 Å². The van der Waals surface area contributed by atoms with E-state index in [4.69, 9.17) is 9.47 Å². The van der Waals surface area contributed by atoms with Crippen LogP contribution in [0.1, 0.15) is 15.2 Å². The molecule has 150 valence electrons. The highest BCUT2D eigenvalue weighted by Gasteiger charge is 2.19. The SMILES string of the molecule is O=C(NCc1cccs1)c1ccc(NS(=O)(=O)c2ccc3c(c2)OCCO3)cc1. The number of hydrogen-bond acceptors (Lipinski definition) is 6. The Morgan fingerprint density at radius 3 is 2.48 bits per heavy atom. The number of sulfonamides is 1. The average Bonchev–Trinajstić information content (AvgIpc) is 3.25. The molecular weight excluding hydrogens is 412 g/mol. The third-order valence-electron chi connectivity index (χ3n) is 4.23. The largest absolute Gasteiger partial charge is 0.486 e. The van der Waals surface area contributed by atoms with Crippen LogP contribution in [-0.2, 0) is 16.6 Å². The molecule has 0 aliphatic carbocycles. The Morgan fingerprint density at radius 1 is 1.00 bits per heavy atom. The van der Waals surface area contributed by atoms with E-state index in [1.165, 1.54) is 12.1 Å². The molecule has 2 aromatic carbocycles. The molecule has 0 fully saturated rings. The Hall–Kier alpha value is -3.04. The molecule has 9 heteroatoms. The third kappa shape index (κ3) is 4.52. The fourth-order valence-electron chi connectivity index (χ4n) is 2.78. The molecule has 0 spiro atoms. The molecule has 7 nitrogen and oxygen atoms in total. The maximum atomic E-state index is 12.7. The Kier molecular flexibility index (Phi) is 5.41. The van der Waals surface area contributed by atoms with Crippen molar-refractivity contribution in [1.29, 1.82) is 0 Å². The number of ether oxygens (including phenoxy) is 2. The molecule has 29 heavy (non-hydrogen) atoms. The maximum absolute atomic E-state index is 12.7. The molecule has 2 N–H and O–H groups in total. The number of rotatable bonds is 6. The predicted octanol–water partition coefficient (Wildman–Crippen LogP) is 3.25. The number of hydrogen-bond donors (Lipinski definition) is 2. The second-order valence-electron chi connectivity index (χ2n) is 6.25. The Morgan fingerprint density at radius 2 is 1.76 bits per heavy atom. The van der Waals surface area contributed by atoms with Gasteiger partial charge in [0.05, 0.1) is 11.4 Å². The van der Waals surface area contributed by atoms with Crippen molar-refractivity contribution in [3.8, 4) is 11.5 Å². The highest BCUT2D eigenvalue weighted by Crippen LogP contribution is 2.32. The summed E-state index contributed by atoms with van der Waals surface area (Å²) < 4.78 is 38.7. The fourth-order valence-corrected chi connectivity index (χ4v) is 4.50. The van der Waals surface area contributed by atoms with Crippen LogP contribution in [-0.4, -0.2) is 27.5 Å². The van der Waals surface area contributed by atoms with Gasteiger partial charge in [0.25, 0.3) is 15.9 Å². The lowest BCUT2D eigenvalue weighted by Gasteiger charge is -2.19. The van der Waals surface area contributed by atoms with Gasteiger partial charge in [-0.3, -0.25) is 9.52 Å². The zero-order valence-corrected chi connectivity index (χ0v) is 16.9. The van der Waals surface area contributed by atoms with Gasteiger partial charge >= 0.3 is 0 Å². The van der Waals surface area contributed by atoms with Gasteiger partial charge in [-0.2, -0.15) is 0 Å². The first-order valence-electron chi connectivity index (χ1n) is 8.84. The van der Waals surface area contributed by atoms with Gasteiger partial charge in [0, 0.05) is 22.2 Å². The summed E-state index contributed by atoms with van der Waals surface area (Å²) in [5, 5.41) is 4.78. The van der Waals surface area contributed by atoms with E-state index in [1.807, 2.05) is 17.5 Å². The van der Waals surface area contributed by atoms with Crippen molar-refractivity contribution in [3.63, 3.8) is 0 Å². The van der Waals surface area contributed by atoms with Crippen LogP contribution in [0.15, 0.2) is 64.9 Å². The second kappa shape index (κ2) is 8.14. The average molecular weight is 431 g/mol. The lowest BCUT2D eigenvalue weighted by molar-refractivity contribution is 0.0951. The van der Waals surface area contributed by atoms with E-state index in [0.29, 0.717) is 42.5 Å². The smallest absolute Gasteiger partial charge is 0.262 e. The molecule has 1 aromatic heterocycles. The molecule has 0 saturated carbocycles. The van der Waals surface area contributed by atoms with Crippen molar-refractivity contribution in [2.24, 2.45) is 0 Å². The van der Waals surface area contributed by atoms with E-state index in [1.54, 1.807) is 41.7 Å². The molecule has 1 amide bonds. The Balaban J connectivity index is 1.43. The zero-order chi connectivity index (χ0) is 20.3. The van der Waals surface area contributed by atoms with E-state index in [-0.39, 0.29) is 10.8 Å². The van der Waals surface area contributed by atoms with Crippen LogP contribution in [0.4, 0.5) is 5.69 Å². The van der Waals surface area contributed by atoms with Crippen LogP contribution in [0.3, 0.4) is 0 Å². The van der Waals surface area contributed by atoms with Gasteiger partial charge in [-0.05, 0) is 47.8 Å². The summed E-state index contributed by atoms with van der Waals surface area (Å²) >= 11 is 1.57. The number of carbonyl (C=O) groups is 1. The van der Waals surface area contributed by atoms with E-state index in [9.17, 15) is 13.2 Å². The van der Waals surface area contributed by atoms with Crippen molar-refractivity contribution in [2.45, 2.75) is 11.4 Å². The first-order chi connectivity index (χ1) is 14.0. The number of fused-ring (bicyclic) bond motifs is 1. The fraction of sp³-hybridized carbons (Fsp3) is 0.150. The summed E-state index contributed by atoms with van der Waals surface area (Å²) in [7, 11) is -3.80. The summed E-state index contributed by atoms with van der Waals surface area (Å²) in [6.45, 7) is 1.26. The van der Waals surface area contributed by atoms with Crippen molar-refractivity contribution >= 4 is 33.0 Å². The molecule has 0 saturated heterocycles. The number of amides is 1. The quantitative estimate of drug-likeness (QED) is 0.626. The number of anilines is 1. The number of carbonyl (C=O) groups excluding carboxylic acids is 1. The van der Waals surface area contributed by atoms with Gasteiger partial charge in [0.1, 0.15) is 13.2 Å². The second-order valence-corrected chi connectivity index (χ2v) is 8.97. The normalized spacial score (nSPS) is 13.0. The van der Waals surface area contributed by atoms with Gasteiger partial charge in [-0.15, -0.1) is 11.3 Å². The monoisotopic (exact) mass is 430 g/mol. The van der Waals surface area contributed by atoms with E-state index in [2.05, 4.69) is 10.0 Å². The molecule has 0 atom stereocenters. The van der Waals surface area contributed by atoms with Crippen molar-refractivity contribution in [2.75, 3.05) is 17.9 Å². The van der Waals surface area contributed by atoms with E-state index >= 15 is 0 Å². The molecule has 1 aliphatic heterocycles. The molecule has 2 heterocycles. The Bertz CT molecular complexity index is 1110. The molecule has 1 aliphatic rings. The van der Waals surface area contributed by atoms with Crippen LogP contribution in [0.2, 0.25) is 0 Å². The molecular formula is C20H18N2O5S2. The van der Waals surface area contributed by atoms with Crippen molar-refractivity contribution < 1.29 is 22.7 Å². The van der Waals surface area contributed by atoms with Crippen molar-refractivity contribution in [1.82, 2.24) is 5.32 Å². The minimum Gasteiger partial charge on any atom is -0.486 e. The predicted molar refractivity (Wildman–Crippen MR) is 110 cm³/mol. The summed E-state index contributed by atoms with van der Waals surface area (Å²) in [4.78, 5) is 13.3. The lowest BCUT2D eigenvalue weighted by Crippen LogP contribution is -2.22. The standard InChI is InChI=1S/C20H18N2O5S2/c23-20(21-13-16-2-1-11-28-16)14-3-5-15(6-4-14)22-29(24,25)17-7-8-18-19(12-17)27-10-9-26-18/h1-8,11-12,22H,9-10,13H2,(H,21,23). The summed E-state index contributed by atoms with van der Waals surface area (Å²) in [6.07, 6.45) is 0. The van der Waals surface area contributed by atoms with Crippen LogP contribution in [0, 0.1) is 0 Å². The van der Waals surface area contributed by atoms with Gasteiger partial charge in [0.15, 0.2) is 11.5 Å². The minimum absolute atomic E-state index is 0.0690. The van der Waals surface area contributed by atoms with E-state index < -0.39 is 10.0 Å². The molecule has 0 unspecified atom stereocenters.